The van der Waals surface area contributed by atoms with Crippen molar-refractivity contribution in [2.45, 2.75) is 20.4 Å². The van der Waals surface area contributed by atoms with Crippen LogP contribution >= 0.6 is 0 Å². The predicted octanol–water partition coefficient (Wildman–Crippen LogP) is 2.82. The molecule has 0 aromatic heterocycles. The molecule has 2 unspecified atom stereocenters. The Morgan fingerprint density at radius 1 is 1.17 bits per heavy atom. The number of ether oxygens (including phenoxy) is 1. The second-order valence-electron chi connectivity index (χ2n) is 6.80. The molecular formula is C19H21NO4. The number of benzene rings is 2. The van der Waals surface area contributed by atoms with E-state index in [0.717, 1.165) is 16.3 Å². The van der Waals surface area contributed by atoms with Gasteiger partial charge in [-0.3, -0.25) is 9.59 Å². The first kappa shape index (κ1) is 16.3. The van der Waals surface area contributed by atoms with Crippen LogP contribution in [-0.4, -0.2) is 24.1 Å². The Balaban J connectivity index is 1.81. The van der Waals surface area contributed by atoms with Crippen molar-refractivity contribution < 1.29 is 19.4 Å². The number of amides is 1. The van der Waals surface area contributed by atoms with Crippen molar-refractivity contribution in [1.82, 2.24) is 5.32 Å². The molecule has 126 valence electrons. The third kappa shape index (κ3) is 2.60. The lowest BCUT2D eigenvalue weighted by atomic mass is 10.0. The maximum absolute atomic E-state index is 12.4. The molecule has 2 N–H and O–H groups in total. The average molecular weight is 327 g/mol. The highest BCUT2D eigenvalue weighted by molar-refractivity contribution is 5.92. The Kier molecular flexibility index (Phi) is 3.95. The minimum absolute atomic E-state index is 0.220. The number of carbonyl (C=O) groups excluding carboxylic acids is 1. The third-order valence-electron chi connectivity index (χ3n) is 5.03. The Hall–Kier alpha value is -2.56. The molecule has 1 amide bonds. The number of rotatable bonds is 5. The number of aliphatic carboxylic acids is 1. The van der Waals surface area contributed by atoms with Crippen LogP contribution < -0.4 is 10.1 Å². The molecule has 1 saturated carbocycles. The van der Waals surface area contributed by atoms with Gasteiger partial charge in [-0.2, -0.15) is 0 Å². The number of carboxylic acids is 1. The first-order valence-electron chi connectivity index (χ1n) is 7.93. The molecule has 0 heterocycles. The number of carboxylic acid groups (broad SMARTS) is 1. The van der Waals surface area contributed by atoms with Crippen molar-refractivity contribution in [2.75, 3.05) is 7.11 Å². The molecule has 1 aliphatic carbocycles. The second kappa shape index (κ2) is 5.82. The highest BCUT2D eigenvalue weighted by atomic mass is 16.5. The van der Waals surface area contributed by atoms with E-state index in [2.05, 4.69) is 5.32 Å². The van der Waals surface area contributed by atoms with Gasteiger partial charge in [0.15, 0.2) is 0 Å². The van der Waals surface area contributed by atoms with E-state index in [1.807, 2.05) is 50.2 Å². The van der Waals surface area contributed by atoms with Gasteiger partial charge in [-0.1, -0.05) is 44.2 Å². The summed E-state index contributed by atoms with van der Waals surface area (Å²) in [5, 5.41) is 14.2. The highest BCUT2D eigenvalue weighted by Gasteiger charge is 2.65. The molecule has 2 atom stereocenters. The van der Waals surface area contributed by atoms with Crippen LogP contribution in [0.2, 0.25) is 0 Å². The van der Waals surface area contributed by atoms with Gasteiger partial charge in [-0.25, -0.2) is 0 Å². The molecule has 0 spiro atoms. The SMILES string of the molecule is COc1ccc2ccccc2c1CNC(=O)C1C(C(=O)O)C1(C)C. The van der Waals surface area contributed by atoms with E-state index in [1.165, 1.54) is 0 Å². The van der Waals surface area contributed by atoms with Crippen molar-refractivity contribution in [3.8, 4) is 5.75 Å². The van der Waals surface area contributed by atoms with Crippen molar-refractivity contribution in [3.05, 3.63) is 42.0 Å². The molecule has 1 aliphatic rings. The number of methoxy groups -OCH3 is 1. The molecule has 3 rings (SSSR count). The van der Waals surface area contributed by atoms with Crippen molar-refractivity contribution in [1.29, 1.82) is 0 Å². The molecular weight excluding hydrogens is 306 g/mol. The van der Waals surface area contributed by atoms with Crippen LogP contribution in [0.3, 0.4) is 0 Å². The summed E-state index contributed by atoms with van der Waals surface area (Å²) in [6.45, 7) is 3.94. The Bertz CT molecular complexity index is 812. The molecule has 5 heteroatoms. The highest BCUT2D eigenvalue weighted by Crippen LogP contribution is 2.58. The zero-order chi connectivity index (χ0) is 17.5. The quantitative estimate of drug-likeness (QED) is 0.885. The van der Waals surface area contributed by atoms with Gasteiger partial charge in [-0.15, -0.1) is 0 Å². The Morgan fingerprint density at radius 3 is 2.50 bits per heavy atom. The van der Waals surface area contributed by atoms with Gasteiger partial charge in [0.05, 0.1) is 18.9 Å². The molecule has 24 heavy (non-hydrogen) atoms. The normalized spacial score (nSPS) is 21.3. The summed E-state index contributed by atoms with van der Waals surface area (Å²) in [6, 6.07) is 11.7. The van der Waals surface area contributed by atoms with E-state index in [-0.39, 0.29) is 5.91 Å². The van der Waals surface area contributed by atoms with Gasteiger partial charge in [0.25, 0.3) is 0 Å². The van der Waals surface area contributed by atoms with Crippen molar-refractivity contribution in [2.24, 2.45) is 17.3 Å². The largest absolute Gasteiger partial charge is 0.496 e. The van der Waals surface area contributed by atoms with Gasteiger partial charge < -0.3 is 15.2 Å². The molecule has 0 radical (unpaired) electrons. The summed E-state index contributed by atoms with van der Waals surface area (Å²) >= 11 is 0. The van der Waals surface area contributed by atoms with Gasteiger partial charge in [0.1, 0.15) is 5.75 Å². The second-order valence-corrected chi connectivity index (χ2v) is 6.80. The number of hydrogen-bond acceptors (Lipinski definition) is 3. The first-order chi connectivity index (χ1) is 11.4. The van der Waals surface area contributed by atoms with E-state index < -0.39 is 23.2 Å². The fraction of sp³-hybridized carbons (Fsp3) is 0.368. The lowest BCUT2D eigenvalue weighted by Crippen LogP contribution is -2.27. The fourth-order valence-corrected chi connectivity index (χ4v) is 3.56. The Labute approximate surface area is 140 Å². The van der Waals surface area contributed by atoms with Crippen LogP contribution in [0.15, 0.2) is 36.4 Å². The van der Waals surface area contributed by atoms with Crippen molar-refractivity contribution >= 4 is 22.6 Å². The minimum atomic E-state index is -0.914. The molecule has 1 fully saturated rings. The number of nitrogens with one attached hydrogen (secondary N) is 1. The van der Waals surface area contributed by atoms with Crippen LogP contribution in [0.25, 0.3) is 10.8 Å². The van der Waals surface area contributed by atoms with Gasteiger partial charge in [0, 0.05) is 12.1 Å². The standard InChI is InChI=1S/C19H21NO4/c1-19(2)15(16(19)18(22)23)17(21)20-10-13-12-7-5-4-6-11(12)8-9-14(13)24-3/h4-9,15-16H,10H2,1-3H3,(H,20,21)(H,22,23). The molecule has 2 aromatic rings. The van der Waals surface area contributed by atoms with Gasteiger partial charge in [-0.05, 0) is 22.3 Å². The topological polar surface area (TPSA) is 75.6 Å². The van der Waals surface area contributed by atoms with Crippen LogP contribution in [0.1, 0.15) is 19.4 Å². The molecule has 5 nitrogen and oxygen atoms in total. The van der Waals surface area contributed by atoms with E-state index in [9.17, 15) is 14.7 Å². The first-order valence-corrected chi connectivity index (χ1v) is 7.93. The van der Waals surface area contributed by atoms with Crippen LogP contribution in [0.5, 0.6) is 5.75 Å². The summed E-state index contributed by atoms with van der Waals surface area (Å²) in [7, 11) is 1.60. The smallest absolute Gasteiger partial charge is 0.307 e. The lowest BCUT2D eigenvalue weighted by Gasteiger charge is -2.13. The van der Waals surface area contributed by atoms with Crippen LogP contribution in [-0.2, 0) is 16.1 Å². The monoisotopic (exact) mass is 327 g/mol. The number of carbonyl (C=O) groups is 2. The minimum Gasteiger partial charge on any atom is -0.496 e. The van der Waals surface area contributed by atoms with Gasteiger partial charge in [0.2, 0.25) is 5.91 Å². The summed E-state index contributed by atoms with van der Waals surface area (Å²) in [6.07, 6.45) is 0. The number of fused-ring (bicyclic) bond motifs is 1. The third-order valence-corrected chi connectivity index (χ3v) is 5.03. The van der Waals surface area contributed by atoms with Gasteiger partial charge >= 0.3 is 5.97 Å². The maximum Gasteiger partial charge on any atom is 0.307 e. The summed E-state index contributed by atoms with van der Waals surface area (Å²) < 4.78 is 5.42. The molecule has 0 aliphatic heterocycles. The van der Waals surface area contributed by atoms with E-state index in [1.54, 1.807) is 7.11 Å². The zero-order valence-electron chi connectivity index (χ0n) is 14.0. The fourth-order valence-electron chi connectivity index (χ4n) is 3.56. The maximum atomic E-state index is 12.4. The average Bonchev–Trinajstić information content (AvgIpc) is 3.15. The summed E-state index contributed by atoms with van der Waals surface area (Å²) in [5.41, 5.74) is 0.396. The summed E-state index contributed by atoms with van der Waals surface area (Å²) in [4.78, 5) is 23.7. The molecule has 0 saturated heterocycles. The van der Waals surface area contributed by atoms with E-state index in [0.29, 0.717) is 12.3 Å². The zero-order valence-corrected chi connectivity index (χ0v) is 14.0. The number of hydrogen-bond donors (Lipinski definition) is 2. The van der Waals surface area contributed by atoms with E-state index >= 15 is 0 Å². The molecule has 0 bridgehead atoms. The predicted molar refractivity (Wildman–Crippen MR) is 90.7 cm³/mol. The van der Waals surface area contributed by atoms with Crippen molar-refractivity contribution in [3.63, 3.8) is 0 Å². The Morgan fingerprint density at radius 2 is 1.88 bits per heavy atom. The lowest BCUT2D eigenvalue weighted by molar-refractivity contribution is -0.140. The van der Waals surface area contributed by atoms with Crippen LogP contribution in [0.4, 0.5) is 0 Å². The van der Waals surface area contributed by atoms with E-state index in [4.69, 9.17) is 4.74 Å². The summed E-state index contributed by atoms with van der Waals surface area (Å²) in [5.74, 6) is -1.54. The molecule has 2 aromatic carbocycles. The van der Waals surface area contributed by atoms with Crippen LogP contribution in [0, 0.1) is 17.3 Å².